The SMILES string of the molecule is Cc1cc(S(=O)(=O)NCCN=C(N)Nc2cc(F)ccc2F)c(C)s1.I. The second-order valence-electron chi connectivity index (χ2n) is 5.19. The number of benzene rings is 1. The zero-order chi connectivity index (χ0) is 18.6. The number of nitrogens with two attached hydrogens (primary N) is 1. The second-order valence-corrected chi connectivity index (χ2v) is 8.39. The minimum absolute atomic E-state index is 0. The first-order valence-corrected chi connectivity index (χ1v) is 9.57. The summed E-state index contributed by atoms with van der Waals surface area (Å²) in [7, 11) is -3.62. The molecule has 1 heterocycles. The summed E-state index contributed by atoms with van der Waals surface area (Å²) in [6, 6.07) is 4.50. The van der Waals surface area contributed by atoms with Crippen LogP contribution in [0, 0.1) is 25.5 Å². The van der Waals surface area contributed by atoms with E-state index in [2.05, 4.69) is 15.0 Å². The Morgan fingerprint density at radius 3 is 2.58 bits per heavy atom. The van der Waals surface area contributed by atoms with Gasteiger partial charge in [-0.05, 0) is 32.0 Å². The Labute approximate surface area is 172 Å². The number of thiophene rings is 1. The molecule has 144 valence electrons. The molecular formula is C15H19F2IN4O2S2. The minimum Gasteiger partial charge on any atom is -0.370 e. The fourth-order valence-electron chi connectivity index (χ4n) is 2.08. The number of aliphatic imine (C=N–C) groups is 1. The Balaban J connectivity index is 0.00000338. The molecule has 0 radical (unpaired) electrons. The molecule has 0 aliphatic rings. The number of aryl methyl sites for hydroxylation is 2. The molecule has 11 heteroatoms. The quantitative estimate of drug-likeness (QED) is 0.238. The van der Waals surface area contributed by atoms with E-state index in [9.17, 15) is 17.2 Å². The van der Waals surface area contributed by atoms with Gasteiger partial charge in [0.2, 0.25) is 10.0 Å². The highest BCUT2D eigenvalue weighted by Gasteiger charge is 2.18. The van der Waals surface area contributed by atoms with Gasteiger partial charge in [0.15, 0.2) is 5.96 Å². The van der Waals surface area contributed by atoms with Crippen molar-refractivity contribution in [2.75, 3.05) is 18.4 Å². The molecule has 4 N–H and O–H groups in total. The van der Waals surface area contributed by atoms with E-state index in [-0.39, 0.29) is 53.6 Å². The molecule has 0 aliphatic heterocycles. The average molecular weight is 516 g/mol. The Bertz CT molecular complexity index is 901. The van der Waals surface area contributed by atoms with Gasteiger partial charge in [0.05, 0.1) is 17.1 Å². The maximum atomic E-state index is 13.5. The molecule has 0 fully saturated rings. The first-order chi connectivity index (χ1) is 11.7. The van der Waals surface area contributed by atoms with Gasteiger partial charge >= 0.3 is 0 Å². The van der Waals surface area contributed by atoms with Crippen LogP contribution in [0.25, 0.3) is 0 Å². The number of nitrogens with one attached hydrogen (secondary N) is 2. The zero-order valence-corrected chi connectivity index (χ0v) is 18.0. The van der Waals surface area contributed by atoms with Crippen molar-refractivity contribution in [2.45, 2.75) is 18.7 Å². The standard InChI is InChI=1S/C15H18F2N4O2S2.HI/c1-9-7-14(10(2)24-9)25(22,23)20-6-5-19-15(18)21-13-8-11(16)3-4-12(13)17;/h3-4,7-8,20H,5-6H2,1-2H3,(H3,18,19,21);1H. The lowest BCUT2D eigenvalue weighted by Crippen LogP contribution is -2.29. The number of guanidine groups is 1. The predicted molar refractivity (Wildman–Crippen MR) is 111 cm³/mol. The summed E-state index contributed by atoms with van der Waals surface area (Å²) >= 11 is 1.40. The fourth-order valence-corrected chi connectivity index (χ4v) is 4.65. The maximum absolute atomic E-state index is 13.5. The predicted octanol–water partition coefficient (Wildman–Crippen LogP) is 2.97. The molecule has 2 rings (SSSR count). The van der Waals surface area contributed by atoms with E-state index in [1.54, 1.807) is 13.0 Å². The van der Waals surface area contributed by atoms with Gasteiger partial charge in [-0.1, -0.05) is 0 Å². The Morgan fingerprint density at radius 2 is 1.96 bits per heavy atom. The topological polar surface area (TPSA) is 96.6 Å². The molecule has 2 aromatic rings. The molecule has 1 aromatic heterocycles. The fraction of sp³-hybridized carbons (Fsp3) is 0.267. The molecule has 0 unspecified atom stereocenters. The molecule has 0 atom stereocenters. The number of anilines is 1. The van der Waals surface area contributed by atoms with E-state index in [4.69, 9.17) is 5.73 Å². The minimum atomic E-state index is -3.62. The molecule has 0 saturated carbocycles. The van der Waals surface area contributed by atoms with Crippen LogP contribution in [0.4, 0.5) is 14.5 Å². The number of sulfonamides is 1. The Hall–Kier alpha value is -1.31. The van der Waals surface area contributed by atoms with Crippen LogP contribution >= 0.6 is 35.3 Å². The lowest BCUT2D eigenvalue weighted by atomic mass is 10.3. The first kappa shape index (κ1) is 22.7. The zero-order valence-electron chi connectivity index (χ0n) is 14.0. The van der Waals surface area contributed by atoms with Crippen LogP contribution in [0.1, 0.15) is 9.75 Å². The average Bonchev–Trinajstić information content (AvgIpc) is 2.87. The normalized spacial score (nSPS) is 11.9. The van der Waals surface area contributed by atoms with Crippen LogP contribution < -0.4 is 15.8 Å². The Morgan fingerprint density at radius 1 is 1.27 bits per heavy atom. The lowest BCUT2D eigenvalue weighted by molar-refractivity contribution is 0.582. The van der Waals surface area contributed by atoms with Crippen molar-refractivity contribution in [2.24, 2.45) is 10.7 Å². The van der Waals surface area contributed by atoms with Gasteiger partial charge in [-0.3, -0.25) is 4.99 Å². The van der Waals surface area contributed by atoms with Gasteiger partial charge in [-0.2, -0.15) is 0 Å². The van der Waals surface area contributed by atoms with Gasteiger partial charge in [0.25, 0.3) is 0 Å². The van der Waals surface area contributed by atoms with Gasteiger partial charge in [-0.15, -0.1) is 35.3 Å². The summed E-state index contributed by atoms with van der Waals surface area (Å²) in [4.78, 5) is 5.74. The third kappa shape index (κ3) is 6.14. The van der Waals surface area contributed by atoms with Gasteiger partial charge in [0, 0.05) is 22.4 Å². The first-order valence-electron chi connectivity index (χ1n) is 7.28. The molecule has 1 aromatic carbocycles. The van der Waals surface area contributed by atoms with Crippen molar-refractivity contribution in [3.05, 3.63) is 45.7 Å². The van der Waals surface area contributed by atoms with Crippen LogP contribution in [-0.4, -0.2) is 27.5 Å². The van der Waals surface area contributed by atoms with E-state index in [0.717, 1.165) is 23.1 Å². The maximum Gasteiger partial charge on any atom is 0.241 e. The summed E-state index contributed by atoms with van der Waals surface area (Å²) in [6.45, 7) is 3.63. The number of hydrogen-bond donors (Lipinski definition) is 3. The second kappa shape index (κ2) is 9.58. The van der Waals surface area contributed by atoms with Crippen LogP contribution in [0.5, 0.6) is 0 Å². The van der Waals surface area contributed by atoms with Crippen LogP contribution in [0.15, 0.2) is 34.2 Å². The molecule has 0 amide bonds. The Kier molecular flexibility index (Phi) is 8.37. The van der Waals surface area contributed by atoms with Crippen molar-refractivity contribution in [3.8, 4) is 0 Å². The van der Waals surface area contributed by atoms with Gasteiger partial charge in [0.1, 0.15) is 11.6 Å². The van der Waals surface area contributed by atoms with Crippen molar-refractivity contribution < 1.29 is 17.2 Å². The summed E-state index contributed by atoms with van der Waals surface area (Å²) in [6.07, 6.45) is 0. The molecule has 26 heavy (non-hydrogen) atoms. The molecule has 6 nitrogen and oxygen atoms in total. The van der Waals surface area contributed by atoms with E-state index in [1.165, 1.54) is 11.3 Å². The van der Waals surface area contributed by atoms with E-state index in [1.807, 2.05) is 6.92 Å². The highest BCUT2D eigenvalue weighted by Crippen LogP contribution is 2.24. The van der Waals surface area contributed by atoms with Crippen LogP contribution in [0.3, 0.4) is 0 Å². The molecule has 0 aliphatic carbocycles. The number of hydrogen-bond acceptors (Lipinski definition) is 4. The highest BCUT2D eigenvalue weighted by molar-refractivity contribution is 14.0. The molecule has 0 saturated heterocycles. The van der Waals surface area contributed by atoms with Crippen molar-refractivity contribution in [1.82, 2.24) is 4.72 Å². The van der Waals surface area contributed by atoms with Crippen LogP contribution in [0.2, 0.25) is 0 Å². The summed E-state index contributed by atoms with van der Waals surface area (Å²) < 4.78 is 53.3. The van der Waals surface area contributed by atoms with Gasteiger partial charge < -0.3 is 11.1 Å². The van der Waals surface area contributed by atoms with Crippen molar-refractivity contribution >= 4 is 57.0 Å². The molecular weight excluding hydrogens is 497 g/mol. The monoisotopic (exact) mass is 516 g/mol. The smallest absolute Gasteiger partial charge is 0.241 e. The van der Waals surface area contributed by atoms with Crippen molar-refractivity contribution in [1.29, 1.82) is 0 Å². The number of nitrogens with zero attached hydrogens (tertiary/aromatic N) is 1. The summed E-state index contributed by atoms with van der Waals surface area (Å²) in [5.74, 6) is -1.44. The summed E-state index contributed by atoms with van der Waals surface area (Å²) in [5, 5.41) is 2.43. The largest absolute Gasteiger partial charge is 0.370 e. The van der Waals surface area contributed by atoms with Gasteiger partial charge in [-0.25, -0.2) is 21.9 Å². The van der Waals surface area contributed by atoms with Crippen molar-refractivity contribution in [3.63, 3.8) is 0 Å². The number of halogens is 3. The molecule has 0 spiro atoms. The number of rotatable bonds is 6. The van der Waals surface area contributed by atoms with E-state index >= 15 is 0 Å². The van der Waals surface area contributed by atoms with Crippen LogP contribution in [-0.2, 0) is 10.0 Å². The highest BCUT2D eigenvalue weighted by atomic mass is 127. The van der Waals surface area contributed by atoms with E-state index < -0.39 is 21.7 Å². The third-order valence-electron chi connectivity index (χ3n) is 3.16. The lowest BCUT2D eigenvalue weighted by Gasteiger charge is -2.08. The summed E-state index contributed by atoms with van der Waals surface area (Å²) in [5.41, 5.74) is 5.44. The van der Waals surface area contributed by atoms with E-state index in [0.29, 0.717) is 4.88 Å². The molecule has 0 bridgehead atoms. The third-order valence-corrected chi connectivity index (χ3v) is 5.84.